The van der Waals surface area contributed by atoms with Crippen molar-refractivity contribution in [2.75, 3.05) is 13.1 Å². The first-order chi connectivity index (χ1) is 11.2. The van der Waals surface area contributed by atoms with Crippen molar-refractivity contribution in [1.82, 2.24) is 15.0 Å². The highest BCUT2D eigenvalue weighted by molar-refractivity contribution is 7.11. The number of hydrogen-bond donors (Lipinski definition) is 0. The lowest BCUT2D eigenvalue weighted by atomic mass is 9.95. The number of carbonyl (C=O) groups excluding carboxylic acids is 1. The van der Waals surface area contributed by atoms with Crippen molar-refractivity contribution >= 4 is 17.2 Å². The van der Waals surface area contributed by atoms with Crippen LogP contribution in [0.5, 0.6) is 0 Å². The highest BCUT2D eigenvalue weighted by Gasteiger charge is 2.31. The van der Waals surface area contributed by atoms with Gasteiger partial charge >= 0.3 is 0 Å². The molecule has 1 saturated heterocycles. The highest BCUT2D eigenvalue weighted by Crippen LogP contribution is 2.31. The molecule has 1 aliphatic heterocycles. The minimum absolute atomic E-state index is 0.0369. The van der Waals surface area contributed by atoms with Crippen molar-refractivity contribution in [3.8, 4) is 0 Å². The molecule has 0 N–H and O–H groups in total. The number of rotatable bonds is 2. The number of aryl methyl sites for hydroxylation is 2. The van der Waals surface area contributed by atoms with Gasteiger partial charge < -0.3 is 9.42 Å². The maximum atomic E-state index is 12.9. The van der Waals surface area contributed by atoms with E-state index in [1.165, 1.54) is 4.88 Å². The van der Waals surface area contributed by atoms with Crippen molar-refractivity contribution in [3.63, 3.8) is 0 Å². The predicted molar refractivity (Wildman–Crippen MR) is 87.9 cm³/mol. The Morgan fingerprint density at radius 1 is 1.35 bits per heavy atom. The third-order valence-corrected chi connectivity index (χ3v) is 5.93. The fraction of sp³-hybridized carbons (Fsp3) is 0.588. The second-order valence-corrected chi connectivity index (χ2v) is 7.81. The zero-order chi connectivity index (χ0) is 15.8. The average Bonchev–Trinajstić information content (AvgIpc) is 3.20. The van der Waals surface area contributed by atoms with Crippen LogP contribution < -0.4 is 0 Å². The second kappa shape index (κ2) is 6.07. The number of aromatic nitrogens is 2. The summed E-state index contributed by atoms with van der Waals surface area (Å²) >= 11 is 1.75. The van der Waals surface area contributed by atoms with Gasteiger partial charge in [-0.15, -0.1) is 11.3 Å². The number of nitrogens with zero attached hydrogens (tertiary/aromatic N) is 3. The van der Waals surface area contributed by atoms with Gasteiger partial charge in [-0.25, -0.2) is 4.98 Å². The van der Waals surface area contributed by atoms with Crippen LogP contribution in [-0.4, -0.2) is 34.0 Å². The Hall–Kier alpha value is -1.69. The SMILES string of the molecule is Cc1cnc([C@@H]2CCCN(C(=O)c3noc4c3CCCC4)C2)s1. The molecule has 1 aliphatic carbocycles. The van der Waals surface area contributed by atoms with Gasteiger partial charge in [0.2, 0.25) is 0 Å². The molecular weight excluding hydrogens is 310 g/mol. The summed E-state index contributed by atoms with van der Waals surface area (Å²) in [6.07, 6.45) is 8.14. The average molecular weight is 331 g/mol. The van der Waals surface area contributed by atoms with Gasteiger partial charge in [-0.2, -0.15) is 0 Å². The molecule has 5 nitrogen and oxygen atoms in total. The van der Waals surface area contributed by atoms with Crippen LogP contribution in [0.2, 0.25) is 0 Å². The van der Waals surface area contributed by atoms with Crippen molar-refractivity contribution < 1.29 is 9.32 Å². The minimum Gasteiger partial charge on any atom is -0.360 e. The number of thiazole rings is 1. The largest absolute Gasteiger partial charge is 0.360 e. The molecule has 1 atom stereocenters. The van der Waals surface area contributed by atoms with Crippen molar-refractivity contribution in [2.45, 2.75) is 51.4 Å². The number of fused-ring (bicyclic) bond motifs is 1. The predicted octanol–water partition coefficient (Wildman–Crippen LogP) is 3.34. The van der Waals surface area contributed by atoms with Gasteiger partial charge in [-0.05, 0) is 39.0 Å². The Morgan fingerprint density at radius 2 is 2.22 bits per heavy atom. The smallest absolute Gasteiger partial charge is 0.276 e. The molecule has 0 saturated carbocycles. The number of hydrogen-bond acceptors (Lipinski definition) is 5. The van der Waals surface area contributed by atoms with Crippen molar-refractivity contribution in [1.29, 1.82) is 0 Å². The molecule has 0 radical (unpaired) electrons. The number of likely N-dealkylation sites (tertiary alicyclic amines) is 1. The van der Waals surface area contributed by atoms with Gasteiger partial charge in [-0.1, -0.05) is 5.16 Å². The van der Waals surface area contributed by atoms with E-state index in [-0.39, 0.29) is 5.91 Å². The van der Waals surface area contributed by atoms with Gasteiger partial charge in [0, 0.05) is 42.1 Å². The van der Waals surface area contributed by atoms with Crippen LogP contribution in [0.3, 0.4) is 0 Å². The van der Waals surface area contributed by atoms with Gasteiger partial charge in [-0.3, -0.25) is 4.79 Å². The summed E-state index contributed by atoms with van der Waals surface area (Å²) in [5, 5.41) is 5.25. The fourth-order valence-corrected chi connectivity index (χ4v) is 4.53. The van der Waals surface area contributed by atoms with Crippen molar-refractivity contribution in [2.24, 2.45) is 0 Å². The van der Waals surface area contributed by atoms with Crippen LogP contribution >= 0.6 is 11.3 Å². The van der Waals surface area contributed by atoms with Crippen molar-refractivity contribution in [3.05, 3.63) is 33.1 Å². The zero-order valence-electron chi connectivity index (χ0n) is 13.4. The van der Waals surface area contributed by atoms with Crippen LogP contribution in [0.25, 0.3) is 0 Å². The molecular formula is C17H21N3O2S. The summed E-state index contributed by atoms with van der Waals surface area (Å²) < 4.78 is 5.41. The van der Waals surface area contributed by atoms with Gasteiger partial charge in [0.25, 0.3) is 5.91 Å². The molecule has 6 heteroatoms. The van der Waals surface area contributed by atoms with Crippen LogP contribution in [-0.2, 0) is 12.8 Å². The van der Waals surface area contributed by atoms with Gasteiger partial charge in [0.15, 0.2) is 5.69 Å². The molecule has 2 aromatic heterocycles. The van der Waals surface area contributed by atoms with E-state index < -0.39 is 0 Å². The van der Waals surface area contributed by atoms with E-state index in [0.717, 1.165) is 67.9 Å². The van der Waals surface area contributed by atoms with E-state index in [2.05, 4.69) is 17.1 Å². The zero-order valence-corrected chi connectivity index (χ0v) is 14.2. The highest BCUT2D eigenvalue weighted by atomic mass is 32.1. The molecule has 2 aromatic rings. The topological polar surface area (TPSA) is 59.2 Å². The third-order valence-electron chi connectivity index (χ3n) is 4.85. The molecule has 0 unspecified atom stereocenters. The lowest BCUT2D eigenvalue weighted by Gasteiger charge is -2.31. The first kappa shape index (κ1) is 14.9. The van der Waals surface area contributed by atoms with Crippen LogP contribution in [0.4, 0.5) is 0 Å². The third kappa shape index (κ3) is 2.80. The van der Waals surface area contributed by atoms with Crippen LogP contribution in [0, 0.1) is 6.92 Å². The number of carbonyl (C=O) groups is 1. The molecule has 0 bridgehead atoms. The van der Waals surface area contributed by atoms with E-state index in [0.29, 0.717) is 11.6 Å². The molecule has 122 valence electrons. The first-order valence-electron chi connectivity index (χ1n) is 8.41. The Bertz CT molecular complexity index is 721. The van der Waals surface area contributed by atoms with E-state index in [1.807, 2.05) is 11.1 Å². The lowest BCUT2D eigenvalue weighted by molar-refractivity contribution is 0.0695. The summed E-state index contributed by atoms with van der Waals surface area (Å²) in [6.45, 7) is 3.63. The van der Waals surface area contributed by atoms with E-state index >= 15 is 0 Å². The molecule has 1 amide bonds. The van der Waals surface area contributed by atoms with Crippen LogP contribution in [0.15, 0.2) is 10.7 Å². The molecule has 3 heterocycles. The van der Waals surface area contributed by atoms with E-state index in [1.54, 1.807) is 11.3 Å². The molecule has 2 aliphatic rings. The first-order valence-corrected chi connectivity index (χ1v) is 9.23. The Labute approximate surface area is 139 Å². The molecule has 1 fully saturated rings. The summed E-state index contributed by atoms with van der Waals surface area (Å²) in [6, 6.07) is 0. The summed E-state index contributed by atoms with van der Waals surface area (Å²) in [5.74, 6) is 1.31. The van der Waals surface area contributed by atoms with Gasteiger partial charge in [0.05, 0.1) is 5.01 Å². The summed E-state index contributed by atoms with van der Waals surface area (Å²) in [5.41, 5.74) is 1.60. The summed E-state index contributed by atoms with van der Waals surface area (Å²) in [7, 11) is 0. The summed E-state index contributed by atoms with van der Waals surface area (Å²) in [4.78, 5) is 20.6. The van der Waals surface area contributed by atoms with Gasteiger partial charge in [0.1, 0.15) is 5.76 Å². The molecule has 0 spiro atoms. The fourth-order valence-electron chi connectivity index (χ4n) is 3.63. The quantitative estimate of drug-likeness (QED) is 0.847. The van der Waals surface area contributed by atoms with E-state index in [9.17, 15) is 4.79 Å². The Kier molecular flexibility index (Phi) is 3.93. The normalized spacial score (nSPS) is 21.3. The number of amides is 1. The minimum atomic E-state index is 0.0369. The Morgan fingerprint density at radius 3 is 3.04 bits per heavy atom. The monoisotopic (exact) mass is 331 g/mol. The second-order valence-electron chi connectivity index (χ2n) is 6.54. The maximum Gasteiger partial charge on any atom is 0.276 e. The standard InChI is InChI=1S/C17H21N3O2S/c1-11-9-18-16(23-11)12-5-4-8-20(10-12)17(21)15-13-6-2-3-7-14(13)22-19-15/h9,12H,2-8,10H2,1H3/t12-/m1/s1. The molecule has 4 rings (SSSR count). The molecule has 23 heavy (non-hydrogen) atoms. The molecule has 0 aromatic carbocycles. The van der Waals surface area contributed by atoms with E-state index in [4.69, 9.17) is 4.52 Å². The number of piperidine rings is 1. The lowest BCUT2D eigenvalue weighted by Crippen LogP contribution is -2.39. The maximum absolute atomic E-state index is 12.9. The Balaban J connectivity index is 1.53. The van der Waals surface area contributed by atoms with Crippen LogP contribution in [0.1, 0.15) is 63.3 Å².